The van der Waals surface area contributed by atoms with Gasteiger partial charge in [-0.15, -0.1) is 0 Å². The lowest BCUT2D eigenvalue weighted by molar-refractivity contribution is 0.188. The molecule has 0 bridgehead atoms. The van der Waals surface area contributed by atoms with Crippen molar-refractivity contribution in [3.63, 3.8) is 0 Å². The molecular formula is C17H22FN3. The molecule has 2 aromatic rings. The zero-order valence-corrected chi connectivity index (χ0v) is 12.5. The zero-order valence-electron chi connectivity index (χ0n) is 12.5. The second-order valence-electron chi connectivity index (χ2n) is 5.88. The minimum atomic E-state index is -0.156. The number of halogens is 1. The smallest absolute Gasteiger partial charge is 0.123 e. The highest BCUT2D eigenvalue weighted by Gasteiger charge is 2.24. The van der Waals surface area contributed by atoms with Crippen molar-refractivity contribution in [3.05, 3.63) is 53.6 Å². The van der Waals surface area contributed by atoms with Crippen molar-refractivity contribution >= 4 is 0 Å². The number of likely N-dealkylation sites (tertiary alicyclic amines) is 1. The summed E-state index contributed by atoms with van der Waals surface area (Å²) in [6.45, 7) is 1.84. The predicted molar refractivity (Wildman–Crippen MR) is 81.2 cm³/mol. The lowest BCUT2D eigenvalue weighted by atomic mass is 10.1. The van der Waals surface area contributed by atoms with E-state index in [4.69, 9.17) is 0 Å². The maximum atomic E-state index is 13.4. The Hall–Kier alpha value is -1.68. The summed E-state index contributed by atoms with van der Waals surface area (Å²) in [6.07, 6.45) is 6.84. The number of rotatable bonds is 3. The van der Waals surface area contributed by atoms with Crippen LogP contribution in [-0.4, -0.2) is 21.2 Å². The summed E-state index contributed by atoms with van der Waals surface area (Å²) in [6, 6.07) is 9.38. The summed E-state index contributed by atoms with van der Waals surface area (Å²) in [4.78, 5) is 2.45. The number of hydrogen-bond acceptors (Lipinski definition) is 2. The molecule has 0 amide bonds. The minimum Gasteiger partial charge on any atom is -0.290 e. The molecule has 0 N–H and O–H groups in total. The number of aryl methyl sites for hydroxylation is 1. The maximum Gasteiger partial charge on any atom is 0.123 e. The van der Waals surface area contributed by atoms with Gasteiger partial charge in [-0.25, -0.2) is 4.39 Å². The summed E-state index contributed by atoms with van der Waals surface area (Å²) < 4.78 is 15.3. The molecule has 1 fully saturated rings. The Morgan fingerprint density at radius 2 is 2.14 bits per heavy atom. The van der Waals surface area contributed by atoms with E-state index in [0.29, 0.717) is 6.04 Å². The normalized spacial score (nSPS) is 20.4. The Labute approximate surface area is 125 Å². The SMILES string of the molecule is Cn1ccc([C@H]2CCCCCN2Cc2cccc(F)c2)n1. The quantitative estimate of drug-likeness (QED) is 0.858. The Bertz CT molecular complexity index is 593. The van der Waals surface area contributed by atoms with Crippen LogP contribution in [0, 0.1) is 5.82 Å². The van der Waals surface area contributed by atoms with Gasteiger partial charge in [-0.05, 0) is 43.1 Å². The van der Waals surface area contributed by atoms with Gasteiger partial charge in [-0.1, -0.05) is 25.0 Å². The molecule has 3 rings (SSSR count). The first-order chi connectivity index (χ1) is 10.2. The van der Waals surface area contributed by atoms with E-state index in [1.165, 1.54) is 25.3 Å². The second-order valence-corrected chi connectivity index (χ2v) is 5.88. The average Bonchev–Trinajstić information content (AvgIpc) is 2.75. The zero-order chi connectivity index (χ0) is 14.7. The molecule has 0 radical (unpaired) electrons. The highest BCUT2D eigenvalue weighted by atomic mass is 19.1. The maximum absolute atomic E-state index is 13.4. The third kappa shape index (κ3) is 3.50. The van der Waals surface area contributed by atoms with Crippen molar-refractivity contribution in [1.82, 2.24) is 14.7 Å². The molecule has 21 heavy (non-hydrogen) atoms. The molecular weight excluding hydrogens is 265 g/mol. The average molecular weight is 287 g/mol. The van der Waals surface area contributed by atoms with Gasteiger partial charge in [-0.3, -0.25) is 9.58 Å². The van der Waals surface area contributed by atoms with Gasteiger partial charge >= 0.3 is 0 Å². The van der Waals surface area contributed by atoms with Crippen LogP contribution in [0.25, 0.3) is 0 Å². The number of aromatic nitrogens is 2. The highest BCUT2D eigenvalue weighted by Crippen LogP contribution is 2.30. The van der Waals surface area contributed by atoms with Gasteiger partial charge in [0.2, 0.25) is 0 Å². The first-order valence-corrected chi connectivity index (χ1v) is 7.70. The van der Waals surface area contributed by atoms with Crippen LogP contribution in [0.4, 0.5) is 4.39 Å². The van der Waals surface area contributed by atoms with E-state index >= 15 is 0 Å². The molecule has 1 atom stereocenters. The summed E-state index contributed by atoms with van der Waals surface area (Å²) in [5, 5.41) is 4.59. The first-order valence-electron chi connectivity index (χ1n) is 7.70. The predicted octanol–water partition coefficient (Wildman–Crippen LogP) is 3.68. The van der Waals surface area contributed by atoms with E-state index in [9.17, 15) is 4.39 Å². The monoisotopic (exact) mass is 287 g/mol. The molecule has 4 heteroatoms. The Balaban J connectivity index is 1.81. The van der Waals surface area contributed by atoms with Crippen LogP contribution in [0.15, 0.2) is 36.5 Å². The Kier molecular flexibility index (Phi) is 4.34. The van der Waals surface area contributed by atoms with Crippen LogP contribution >= 0.6 is 0 Å². The van der Waals surface area contributed by atoms with Gasteiger partial charge in [-0.2, -0.15) is 5.10 Å². The fourth-order valence-electron chi connectivity index (χ4n) is 3.17. The number of hydrogen-bond donors (Lipinski definition) is 0. The van der Waals surface area contributed by atoms with Gasteiger partial charge < -0.3 is 0 Å². The van der Waals surface area contributed by atoms with Gasteiger partial charge in [0.1, 0.15) is 5.82 Å². The van der Waals surface area contributed by atoms with Gasteiger partial charge in [0.15, 0.2) is 0 Å². The molecule has 0 saturated carbocycles. The van der Waals surface area contributed by atoms with Gasteiger partial charge in [0, 0.05) is 19.8 Å². The van der Waals surface area contributed by atoms with Crippen LogP contribution in [0.2, 0.25) is 0 Å². The molecule has 3 nitrogen and oxygen atoms in total. The summed E-state index contributed by atoms with van der Waals surface area (Å²) in [5.41, 5.74) is 2.17. The van der Waals surface area contributed by atoms with Crippen LogP contribution in [0.5, 0.6) is 0 Å². The van der Waals surface area contributed by atoms with E-state index in [-0.39, 0.29) is 5.82 Å². The topological polar surface area (TPSA) is 21.1 Å². The summed E-state index contributed by atoms with van der Waals surface area (Å²) in [7, 11) is 1.96. The van der Waals surface area contributed by atoms with Crippen LogP contribution < -0.4 is 0 Å². The Morgan fingerprint density at radius 1 is 1.24 bits per heavy atom. The second kappa shape index (κ2) is 6.39. The van der Waals surface area contributed by atoms with Crippen LogP contribution in [0.3, 0.4) is 0 Å². The molecule has 2 heterocycles. The highest BCUT2D eigenvalue weighted by molar-refractivity contribution is 5.17. The van der Waals surface area contributed by atoms with Crippen molar-refractivity contribution in [1.29, 1.82) is 0 Å². The number of benzene rings is 1. The van der Waals surface area contributed by atoms with Crippen molar-refractivity contribution < 1.29 is 4.39 Å². The largest absolute Gasteiger partial charge is 0.290 e. The van der Waals surface area contributed by atoms with Crippen molar-refractivity contribution in [2.24, 2.45) is 7.05 Å². The standard InChI is InChI=1S/C17H22FN3/c1-20-11-9-16(19-20)17-8-3-2-4-10-21(17)13-14-6-5-7-15(18)12-14/h5-7,9,11-12,17H,2-4,8,10,13H2,1H3/t17-/m1/s1. The molecule has 0 unspecified atom stereocenters. The van der Waals surface area contributed by atoms with Gasteiger partial charge in [0.25, 0.3) is 0 Å². The van der Waals surface area contributed by atoms with E-state index in [1.807, 2.05) is 24.0 Å². The van der Waals surface area contributed by atoms with Crippen molar-refractivity contribution in [2.45, 2.75) is 38.3 Å². The van der Waals surface area contributed by atoms with Crippen molar-refractivity contribution in [3.8, 4) is 0 Å². The molecule has 0 aliphatic carbocycles. The molecule has 1 saturated heterocycles. The molecule has 112 valence electrons. The fourth-order valence-corrected chi connectivity index (χ4v) is 3.17. The summed E-state index contributed by atoms with van der Waals surface area (Å²) in [5.74, 6) is -0.156. The fraction of sp³-hybridized carbons (Fsp3) is 0.471. The third-order valence-corrected chi connectivity index (χ3v) is 4.21. The number of nitrogens with zero attached hydrogens (tertiary/aromatic N) is 3. The lowest BCUT2D eigenvalue weighted by Crippen LogP contribution is -2.28. The van der Waals surface area contributed by atoms with Crippen molar-refractivity contribution in [2.75, 3.05) is 6.54 Å². The molecule has 0 spiro atoms. The van der Waals surface area contributed by atoms with E-state index in [1.54, 1.807) is 12.1 Å². The van der Waals surface area contributed by atoms with E-state index < -0.39 is 0 Å². The molecule has 1 aromatic carbocycles. The van der Waals surface area contributed by atoms with Gasteiger partial charge in [0.05, 0.1) is 11.7 Å². The molecule has 1 aromatic heterocycles. The Morgan fingerprint density at radius 3 is 2.90 bits per heavy atom. The lowest BCUT2D eigenvalue weighted by Gasteiger charge is -2.28. The van der Waals surface area contributed by atoms with E-state index in [2.05, 4.69) is 16.1 Å². The van der Waals surface area contributed by atoms with E-state index in [0.717, 1.165) is 30.8 Å². The minimum absolute atomic E-state index is 0.156. The third-order valence-electron chi connectivity index (χ3n) is 4.21. The first kappa shape index (κ1) is 14.3. The summed E-state index contributed by atoms with van der Waals surface area (Å²) >= 11 is 0. The van der Waals surface area contributed by atoms with Crippen LogP contribution in [0.1, 0.15) is 43.0 Å². The molecule has 1 aliphatic heterocycles. The van der Waals surface area contributed by atoms with Crippen LogP contribution in [-0.2, 0) is 13.6 Å². The molecule has 1 aliphatic rings.